The number of alkyl halides is 3. The van der Waals surface area contributed by atoms with E-state index in [1.54, 1.807) is 60.7 Å². The van der Waals surface area contributed by atoms with Crippen LogP contribution in [-0.2, 0) is 28.5 Å². The first-order valence-electron chi connectivity index (χ1n) is 25.2. The molecule has 8 aromatic carbocycles. The van der Waals surface area contributed by atoms with E-state index in [1.165, 1.54) is 18.7 Å². The van der Waals surface area contributed by atoms with Gasteiger partial charge in [-0.3, -0.25) is 4.79 Å². The van der Waals surface area contributed by atoms with Crippen LogP contribution in [0.1, 0.15) is 48.4 Å². The van der Waals surface area contributed by atoms with Crippen LogP contribution in [0.25, 0.3) is 44.5 Å². The lowest BCUT2D eigenvalue weighted by atomic mass is 10.0. The number of halogens is 3. The van der Waals surface area contributed by atoms with E-state index in [4.69, 9.17) is 23.7 Å². The third-order valence-electron chi connectivity index (χ3n) is 12.9. The number of hydrogen-bond donors (Lipinski definition) is 0. The van der Waals surface area contributed by atoms with Crippen molar-refractivity contribution in [2.24, 2.45) is 0 Å². The molecule has 2 fully saturated rings. The van der Waals surface area contributed by atoms with Crippen LogP contribution >= 0.6 is 39.5 Å². The fourth-order valence-electron chi connectivity index (χ4n) is 8.75. The third-order valence-corrected chi connectivity index (χ3v) is 16.7. The van der Waals surface area contributed by atoms with Gasteiger partial charge in [-0.2, -0.15) is 0 Å². The summed E-state index contributed by atoms with van der Waals surface area (Å²) in [5.41, 5.74) is 7.99. The molecule has 8 aromatic rings. The molecule has 10 nitrogen and oxygen atoms in total. The molecule has 0 amide bonds. The van der Waals surface area contributed by atoms with Crippen molar-refractivity contribution in [2.45, 2.75) is 51.6 Å². The van der Waals surface area contributed by atoms with E-state index in [9.17, 15) is 28.4 Å². The summed E-state index contributed by atoms with van der Waals surface area (Å²) in [5.74, 6) is -3.12. The molecule has 0 saturated carbocycles. The lowest BCUT2D eigenvalue weighted by Gasteiger charge is -2.20. The minimum atomic E-state index is -1.80. The largest absolute Gasteiger partial charge is 0.461 e. The zero-order chi connectivity index (χ0) is 55.3. The van der Waals surface area contributed by atoms with E-state index in [0.29, 0.717) is 16.7 Å². The molecule has 8 atom stereocenters. The van der Waals surface area contributed by atoms with Crippen LogP contribution in [0.3, 0.4) is 0 Å². The average Bonchev–Trinajstić information content (AvgIpc) is 3.95. The summed E-state index contributed by atoms with van der Waals surface area (Å²) >= 11 is 5.50. The molecule has 0 radical (unpaired) electrons. The van der Waals surface area contributed by atoms with Crippen LogP contribution in [-0.4, -0.2) is 87.7 Å². The first-order chi connectivity index (χ1) is 38.4. The zero-order valence-electron chi connectivity index (χ0n) is 42.4. The first-order valence-corrected chi connectivity index (χ1v) is 28.0. The van der Waals surface area contributed by atoms with Crippen molar-refractivity contribution >= 4 is 69.3 Å². The fraction of sp³-hybridized carbons (Fsp3) is 0.172. The van der Waals surface area contributed by atoms with Gasteiger partial charge in [-0.05, 0) is 93.0 Å². The normalized spacial score (nSPS) is 20.2. The molecule has 400 valence electrons. The van der Waals surface area contributed by atoms with E-state index in [-0.39, 0.29) is 18.8 Å². The second kappa shape index (κ2) is 26.7. The van der Waals surface area contributed by atoms with Crippen LogP contribution < -0.4 is 0 Å². The van der Waals surface area contributed by atoms with Crippen molar-refractivity contribution in [3.05, 3.63) is 241 Å². The van der Waals surface area contributed by atoms with Gasteiger partial charge in [0.15, 0.2) is 30.0 Å². The number of esters is 5. The number of carbonyl (C=O) groups excluding carboxylic acids is 5. The summed E-state index contributed by atoms with van der Waals surface area (Å²) in [7, 11) is 0. The predicted octanol–water partition coefficient (Wildman–Crippen LogP) is 14.3. The molecule has 10 rings (SSSR count). The van der Waals surface area contributed by atoms with Gasteiger partial charge < -0.3 is 23.7 Å². The minimum absolute atomic E-state index is 0.0860. The van der Waals surface area contributed by atoms with Crippen LogP contribution in [0.5, 0.6) is 0 Å². The molecular weight excluding hydrogens is 1110 g/mol. The van der Waals surface area contributed by atoms with Crippen molar-refractivity contribution in [2.75, 3.05) is 13.2 Å². The number of carbonyl (C=O) groups is 5. The van der Waals surface area contributed by atoms with Crippen molar-refractivity contribution in [3.63, 3.8) is 0 Å². The summed E-state index contributed by atoms with van der Waals surface area (Å²) in [6, 6.07) is 66.9. The minimum Gasteiger partial charge on any atom is -0.461 e. The number of thioether (sulfide) groups is 2. The molecule has 0 N–H and O–H groups in total. The van der Waals surface area contributed by atoms with Gasteiger partial charge in [-0.25, -0.2) is 28.0 Å². The molecule has 2 heterocycles. The van der Waals surface area contributed by atoms with E-state index in [0.717, 1.165) is 56.3 Å². The lowest BCUT2D eigenvalue weighted by molar-refractivity contribution is -0.145. The Hall–Kier alpha value is -7.85. The Morgan fingerprint density at radius 3 is 0.975 bits per heavy atom. The molecule has 2 aliphatic rings. The molecule has 15 heteroatoms. The average molecular weight is 1160 g/mol. The summed E-state index contributed by atoms with van der Waals surface area (Å²) < 4.78 is 57.0. The smallest absolute Gasteiger partial charge is 0.338 e. The number of rotatable bonds is 15. The Balaban J connectivity index is 0.000000192. The molecule has 0 bridgehead atoms. The highest BCUT2D eigenvalue weighted by atomic mass is 79.9. The van der Waals surface area contributed by atoms with Gasteiger partial charge in [-0.1, -0.05) is 186 Å². The number of benzene rings is 8. The molecule has 1 unspecified atom stereocenters. The standard InChI is InChI=1S/C33H27FO6S.C31H24BrFO4S/c1-21(35)39-33-29(34)30(40-32(37)27-18-14-25(15-19-27)23-10-6-3-7-11-23)28(41-33)20-38-31(36)26-16-12-24(13-17-26)22-8-4-2-5-9-22;32-29-27(33)28(37-31(35)25-17-13-23(14-18-25)21-9-5-2-6-10-21)26(38-29)19-36-30(34)24-15-11-22(12-16-24)20-7-3-1-4-8-20/h2-19,28-30,33H,20H2,1H3;1-18,26-29H,19H2/t28-,29+,30-,33?;26-,27+,28-,29+/m11/s1. The molecule has 2 aliphatic heterocycles. The maximum Gasteiger partial charge on any atom is 0.338 e. The fourth-order valence-corrected chi connectivity index (χ4v) is 12.4. The lowest BCUT2D eigenvalue weighted by Crippen LogP contribution is -2.37. The number of hydrogen-bond acceptors (Lipinski definition) is 12. The van der Waals surface area contributed by atoms with Gasteiger partial charge >= 0.3 is 29.8 Å². The van der Waals surface area contributed by atoms with Gasteiger partial charge in [-0.15, -0.1) is 23.5 Å². The van der Waals surface area contributed by atoms with Crippen molar-refractivity contribution in [3.8, 4) is 44.5 Å². The Kier molecular flexibility index (Phi) is 18.9. The van der Waals surface area contributed by atoms with Gasteiger partial charge in [0.1, 0.15) is 13.2 Å². The molecular formula is C64H51BrF2O10S2. The molecule has 2 saturated heterocycles. The maximum atomic E-state index is 15.4. The summed E-state index contributed by atoms with van der Waals surface area (Å²) in [6.45, 7) is 0.847. The van der Waals surface area contributed by atoms with Gasteiger partial charge in [0.2, 0.25) is 0 Å². The third kappa shape index (κ3) is 14.5. The quantitative estimate of drug-likeness (QED) is 0.0550. The van der Waals surface area contributed by atoms with Gasteiger partial charge in [0.05, 0.1) is 36.9 Å². The van der Waals surface area contributed by atoms with Gasteiger partial charge in [0.25, 0.3) is 0 Å². The summed E-state index contributed by atoms with van der Waals surface area (Å²) in [5, 5.41) is -1.33. The SMILES string of the molecule is CC(=O)OC1S[C@H](COC(=O)c2ccc(-c3ccccc3)cc2)[C@@H](OC(=O)c2ccc(-c3ccccc3)cc2)[C@@H]1F.O=C(OC[C@H]1S[C@H](Br)[C@@H](F)[C@@H]1OC(=O)c1ccc(-c2ccccc2)cc1)c1ccc(-c2ccccc2)cc1. The van der Waals surface area contributed by atoms with Crippen LogP contribution in [0.2, 0.25) is 0 Å². The molecule has 79 heavy (non-hydrogen) atoms. The van der Waals surface area contributed by atoms with Crippen LogP contribution in [0, 0.1) is 0 Å². The van der Waals surface area contributed by atoms with Crippen molar-refractivity contribution < 1.29 is 56.4 Å². The van der Waals surface area contributed by atoms with Crippen molar-refractivity contribution in [1.29, 1.82) is 0 Å². The van der Waals surface area contributed by atoms with E-state index in [2.05, 4.69) is 15.9 Å². The second-order valence-corrected chi connectivity index (χ2v) is 22.6. The number of ether oxygens (including phenoxy) is 5. The second-order valence-electron chi connectivity index (χ2n) is 18.3. The molecule has 0 spiro atoms. The highest BCUT2D eigenvalue weighted by molar-refractivity contribution is 9.11. The van der Waals surface area contributed by atoms with Crippen molar-refractivity contribution in [1.82, 2.24) is 0 Å². The monoisotopic (exact) mass is 1160 g/mol. The van der Waals surface area contributed by atoms with E-state index < -0.39 is 74.5 Å². The Morgan fingerprint density at radius 2 is 0.658 bits per heavy atom. The van der Waals surface area contributed by atoms with Crippen LogP contribution in [0.4, 0.5) is 8.78 Å². The Morgan fingerprint density at radius 1 is 0.380 bits per heavy atom. The van der Waals surface area contributed by atoms with E-state index >= 15 is 4.39 Å². The van der Waals surface area contributed by atoms with Gasteiger partial charge in [0, 0.05) is 6.92 Å². The Bertz CT molecular complexity index is 3330. The topological polar surface area (TPSA) is 132 Å². The predicted molar refractivity (Wildman–Crippen MR) is 307 cm³/mol. The maximum absolute atomic E-state index is 15.4. The summed E-state index contributed by atoms with van der Waals surface area (Å²) in [4.78, 5) is 62.8. The highest BCUT2D eigenvalue weighted by Gasteiger charge is 2.50. The molecule has 0 aliphatic carbocycles. The first kappa shape index (κ1) is 55.9. The Labute approximate surface area is 472 Å². The molecule has 0 aromatic heterocycles. The van der Waals surface area contributed by atoms with Crippen LogP contribution in [0.15, 0.2) is 218 Å². The highest BCUT2D eigenvalue weighted by Crippen LogP contribution is 2.43. The van der Waals surface area contributed by atoms with E-state index in [1.807, 2.05) is 158 Å². The summed E-state index contributed by atoms with van der Waals surface area (Å²) in [6.07, 6.45) is -5.59. The zero-order valence-corrected chi connectivity index (χ0v) is 45.6.